The predicted molar refractivity (Wildman–Crippen MR) is 114 cm³/mol. The Balaban J connectivity index is 1.78. The number of benzene rings is 3. The highest BCUT2D eigenvalue weighted by molar-refractivity contribution is 6.11. The van der Waals surface area contributed by atoms with Gasteiger partial charge < -0.3 is 14.8 Å². The molecule has 0 saturated carbocycles. The summed E-state index contributed by atoms with van der Waals surface area (Å²) in [6.07, 6.45) is 1.94. The first-order chi connectivity index (χ1) is 14.2. The zero-order valence-corrected chi connectivity index (χ0v) is 16.3. The van der Waals surface area contributed by atoms with Gasteiger partial charge in [-0.15, -0.1) is 0 Å². The lowest BCUT2D eigenvalue weighted by molar-refractivity contribution is -0.114. The van der Waals surface area contributed by atoms with Gasteiger partial charge in [0, 0.05) is 23.0 Å². The molecular weight excluding hydrogens is 364 g/mol. The molecule has 0 saturated heterocycles. The first-order valence-electron chi connectivity index (χ1n) is 9.35. The van der Waals surface area contributed by atoms with Crippen molar-refractivity contribution in [2.24, 2.45) is 0 Å². The van der Waals surface area contributed by atoms with Crippen molar-refractivity contribution in [2.75, 3.05) is 24.4 Å². The molecule has 1 aliphatic rings. The minimum Gasteiger partial charge on any atom is -0.497 e. The Labute approximate surface area is 170 Å². The van der Waals surface area contributed by atoms with E-state index in [-0.39, 0.29) is 11.9 Å². The summed E-state index contributed by atoms with van der Waals surface area (Å²) < 4.78 is 10.9. The van der Waals surface area contributed by atoms with E-state index in [4.69, 9.17) is 9.47 Å². The maximum Gasteiger partial charge on any atom is 0.275 e. The molecule has 1 amide bonds. The van der Waals surface area contributed by atoms with Crippen LogP contribution in [-0.4, -0.2) is 20.1 Å². The van der Waals surface area contributed by atoms with Crippen LogP contribution in [0.3, 0.4) is 0 Å². The summed E-state index contributed by atoms with van der Waals surface area (Å²) in [6.45, 7) is 0. The fourth-order valence-corrected chi connectivity index (χ4v) is 3.49. The van der Waals surface area contributed by atoms with Gasteiger partial charge in [0.05, 0.1) is 20.3 Å². The van der Waals surface area contributed by atoms with Gasteiger partial charge in [0.2, 0.25) is 0 Å². The van der Waals surface area contributed by atoms with E-state index in [9.17, 15) is 4.79 Å². The molecule has 1 N–H and O–H groups in total. The molecule has 0 aliphatic carbocycles. The first-order valence-corrected chi connectivity index (χ1v) is 9.35. The highest BCUT2D eigenvalue weighted by Gasteiger charge is 2.36. The fraction of sp³-hybridized carbons (Fsp3) is 0.125. The highest BCUT2D eigenvalue weighted by Crippen LogP contribution is 2.40. The van der Waals surface area contributed by atoms with Crippen molar-refractivity contribution in [3.8, 4) is 11.5 Å². The van der Waals surface area contributed by atoms with Crippen LogP contribution in [0, 0.1) is 0 Å². The summed E-state index contributed by atoms with van der Waals surface area (Å²) in [5.74, 6) is 1.27. The van der Waals surface area contributed by atoms with Crippen molar-refractivity contribution in [1.29, 1.82) is 0 Å². The van der Waals surface area contributed by atoms with Crippen LogP contribution < -0.4 is 19.7 Å². The molecule has 5 nitrogen and oxygen atoms in total. The molecule has 0 aromatic heterocycles. The van der Waals surface area contributed by atoms with Gasteiger partial charge in [-0.3, -0.25) is 9.69 Å². The predicted octanol–water partition coefficient (Wildman–Crippen LogP) is 4.79. The van der Waals surface area contributed by atoms with Crippen molar-refractivity contribution in [3.63, 3.8) is 0 Å². The van der Waals surface area contributed by atoms with Crippen molar-refractivity contribution in [3.05, 3.63) is 96.2 Å². The van der Waals surface area contributed by atoms with Crippen LogP contribution in [0.4, 0.5) is 11.4 Å². The smallest absolute Gasteiger partial charge is 0.275 e. The normalized spacial score (nSPS) is 15.8. The number of ether oxygens (including phenoxy) is 2. The summed E-state index contributed by atoms with van der Waals surface area (Å²) in [5.41, 5.74) is 3.10. The van der Waals surface area contributed by atoms with Crippen molar-refractivity contribution >= 4 is 17.3 Å². The molecule has 4 rings (SSSR count). The summed E-state index contributed by atoms with van der Waals surface area (Å²) >= 11 is 0. The van der Waals surface area contributed by atoms with E-state index in [0.29, 0.717) is 17.2 Å². The summed E-state index contributed by atoms with van der Waals surface area (Å²) in [6, 6.07) is 24.7. The second kappa shape index (κ2) is 8.10. The number of hydrogen-bond donors (Lipinski definition) is 1. The molecule has 3 aromatic rings. The van der Waals surface area contributed by atoms with Gasteiger partial charge >= 0.3 is 0 Å². The van der Waals surface area contributed by atoms with E-state index in [1.54, 1.807) is 19.1 Å². The fourth-order valence-electron chi connectivity index (χ4n) is 3.49. The van der Waals surface area contributed by atoms with E-state index in [0.717, 1.165) is 16.9 Å². The number of nitrogens with zero attached hydrogens (tertiary/aromatic N) is 1. The molecule has 0 fully saturated rings. The Morgan fingerprint density at radius 3 is 2.21 bits per heavy atom. The van der Waals surface area contributed by atoms with E-state index >= 15 is 0 Å². The van der Waals surface area contributed by atoms with Gasteiger partial charge in [0.1, 0.15) is 17.2 Å². The number of hydrogen-bond acceptors (Lipinski definition) is 4. The van der Waals surface area contributed by atoms with Gasteiger partial charge in [0.15, 0.2) is 0 Å². The molecule has 0 unspecified atom stereocenters. The lowest BCUT2D eigenvalue weighted by atomic mass is 10.0. The maximum absolute atomic E-state index is 13.3. The monoisotopic (exact) mass is 386 g/mol. The van der Waals surface area contributed by atoms with Crippen molar-refractivity contribution in [1.82, 2.24) is 0 Å². The second-order valence-electron chi connectivity index (χ2n) is 6.63. The van der Waals surface area contributed by atoms with Gasteiger partial charge in [-0.05, 0) is 42.5 Å². The molecule has 0 bridgehead atoms. The van der Waals surface area contributed by atoms with Gasteiger partial charge in [-0.1, -0.05) is 36.4 Å². The van der Waals surface area contributed by atoms with Gasteiger partial charge in [-0.2, -0.15) is 0 Å². The van der Waals surface area contributed by atoms with E-state index in [1.807, 2.05) is 84.9 Å². The Bertz CT molecular complexity index is 1030. The Kier molecular flexibility index (Phi) is 5.20. The topological polar surface area (TPSA) is 50.8 Å². The van der Waals surface area contributed by atoms with E-state index in [2.05, 4.69) is 5.32 Å². The minimum absolute atomic E-state index is 0.0945. The third-order valence-corrected chi connectivity index (χ3v) is 4.90. The van der Waals surface area contributed by atoms with Crippen LogP contribution >= 0.6 is 0 Å². The lowest BCUT2D eigenvalue weighted by Crippen LogP contribution is -2.30. The number of para-hydroxylation sites is 2. The van der Waals surface area contributed by atoms with Crippen LogP contribution in [-0.2, 0) is 4.79 Å². The van der Waals surface area contributed by atoms with Crippen LogP contribution in [0.1, 0.15) is 11.6 Å². The Hall–Kier alpha value is -3.73. The molecule has 1 aliphatic heterocycles. The second-order valence-corrected chi connectivity index (χ2v) is 6.63. The molecule has 0 spiro atoms. The average Bonchev–Trinajstić information content (AvgIpc) is 3.10. The molecule has 1 atom stereocenters. The van der Waals surface area contributed by atoms with Crippen LogP contribution in [0.5, 0.6) is 11.5 Å². The third kappa shape index (κ3) is 3.67. The number of rotatable bonds is 6. The number of carbonyl (C=O) groups excluding carboxylic acids is 1. The zero-order valence-electron chi connectivity index (χ0n) is 16.3. The molecule has 5 heteroatoms. The van der Waals surface area contributed by atoms with Gasteiger partial charge in [-0.25, -0.2) is 0 Å². The lowest BCUT2D eigenvalue weighted by Gasteiger charge is -2.26. The highest BCUT2D eigenvalue weighted by atomic mass is 16.5. The van der Waals surface area contributed by atoms with E-state index in [1.165, 1.54) is 0 Å². The number of carbonyl (C=O) groups is 1. The third-order valence-electron chi connectivity index (χ3n) is 4.90. The largest absolute Gasteiger partial charge is 0.497 e. The molecule has 3 aromatic carbocycles. The van der Waals surface area contributed by atoms with Crippen molar-refractivity contribution < 1.29 is 14.3 Å². The zero-order chi connectivity index (χ0) is 20.2. The molecule has 29 heavy (non-hydrogen) atoms. The maximum atomic E-state index is 13.3. The SMILES string of the molecule is COc1ccc([C@H]2C=C(Nc3ccccc3)C(=O)N2c2ccccc2)c(OC)c1. The number of anilines is 2. The van der Waals surface area contributed by atoms with Crippen molar-refractivity contribution in [2.45, 2.75) is 6.04 Å². The Morgan fingerprint density at radius 1 is 0.862 bits per heavy atom. The Morgan fingerprint density at radius 2 is 1.55 bits per heavy atom. The average molecular weight is 386 g/mol. The summed E-state index contributed by atoms with van der Waals surface area (Å²) in [5, 5.41) is 3.25. The first kappa shape index (κ1) is 18.6. The van der Waals surface area contributed by atoms with Crippen LogP contribution in [0.2, 0.25) is 0 Å². The molecule has 1 heterocycles. The van der Waals surface area contributed by atoms with Crippen LogP contribution in [0.15, 0.2) is 90.6 Å². The summed E-state index contributed by atoms with van der Waals surface area (Å²) in [7, 11) is 3.24. The number of methoxy groups -OCH3 is 2. The summed E-state index contributed by atoms with van der Waals surface area (Å²) in [4.78, 5) is 15.1. The van der Waals surface area contributed by atoms with Gasteiger partial charge in [0.25, 0.3) is 5.91 Å². The quantitative estimate of drug-likeness (QED) is 0.662. The van der Waals surface area contributed by atoms with E-state index < -0.39 is 0 Å². The minimum atomic E-state index is -0.308. The molecular formula is C24H22N2O3. The molecule has 146 valence electrons. The molecule has 0 radical (unpaired) electrons. The standard InChI is InChI=1S/C24H22N2O3/c1-28-19-13-14-20(23(15-19)29-2)22-16-21(25-17-9-5-3-6-10-17)24(27)26(22)18-11-7-4-8-12-18/h3-16,22,25H,1-2H3/t22-/m1/s1. The van der Waals surface area contributed by atoms with Crippen LogP contribution in [0.25, 0.3) is 0 Å². The number of nitrogens with one attached hydrogen (secondary N) is 1. The number of amides is 1.